The molecule has 3 aromatic carbocycles. The lowest BCUT2D eigenvalue weighted by Gasteiger charge is -2.38. The first kappa shape index (κ1) is 19.5. The number of methoxy groups -OCH3 is 1. The normalized spacial score (nSPS) is 19.2. The molecule has 5 nitrogen and oxygen atoms in total. The molecule has 0 aromatic heterocycles. The maximum absolute atomic E-state index is 6.46. The Hall–Kier alpha value is -3.47. The fourth-order valence-corrected chi connectivity index (χ4v) is 4.29. The van der Waals surface area contributed by atoms with Gasteiger partial charge in [-0.1, -0.05) is 48.0 Å². The smallest absolute Gasteiger partial charge is 0.214 e. The molecule has 0 saturated heterocycles. The minimum Gasteiger partial charge on any atom is -0.493 e. The molecule has 2 atom stereocenters. The minimum absolute atomic E-state index is 0.129. The molecule has 0 spiro atoms. The molecular formula is C26H26N2O3. The van der Waals surface area contributed by atoms with Gasteiger partial charge >= 0.3 is 0 Å². The highest BCUT2D eigenvalue weighted by Gasteiger charge is 2.41. The molecule has 5 heteroatoms. The van der Waals surface area contributed by atoms with Crippen molar-refractivity contribution in [3.05, 3.63) is 89.0 Å². The number of aryl methyl sites for hydroxylation is 1. The molecule has 2 unspecified atom stereocenters. The van der Waals surface area contributed by atoms with E-state index >= 15 is 0 Å². The van der Waals surface area contributed by atoms with Crippen molar-refractivity contribution in [1.29, 1.82) is 0 Å². The van der Waals surface area contributed by atoms with Gasteiger partial charge in [-0.15, -0.1) is 0 Å². The SMILES string of the molecule is CCOc1ccc(C2Oc3ccccc3C3CC(c4ccc(C)cc4)=NN32)cc1OC. The lowest BCUT2D eigenvalue weighted by atomic mass is 9.95. The number of hydrogen-bond acceptors (Lipinski definition) is 5. The topological polar surface area (TPSA) is 43.3 Å². The predicted octanol–water partition coefficient (Wildman–Crippen LogP) is 5.64. The minimum atomic E-state index is -0.340. The van der Waals surface area contributed by atoms with Crippen molar-refractivity contribution in [3.8, 4) is 17.2 Å². The van der Waals surface area contributed by atoms with Crippen LogP contribution in [0.3, 0.4) is 0 Å². The Balaban J connectivity index is 1.56. The van der Waals surface area contributed by atoms with E-state index in [1.165, 1.54) is 11.1 Å². The molecule has 2 aliphatic rings. The summed E-state index contributed by atoms with van der Waals surface area (Å²) in [6, 6.07) is 22.9. The first-order chi connectivity index (χ1) is 15.2. The highest BCUT2D eigenvalue weighted by Crippen LogP contribution is 2.48. The van der Waals surface area contributed by atoms with Crippen LogP contribution in [0.15, 0.2) is 71.8 Å². The Morgan fingerprint density at radius 2 is 1.84 bits per heavy atom. The van der Waals surface area contributed by atoms with Crippen molar-refractivity contribution >= 4 is 5.71 Å². The van der Waals surface area contributed by atoms with Crippen molar-refractivity contribution in [3.63, 3.8) is 0 Å². The van der Waals surface area contributed by atoms with Gasteiger partial charge in [0.25, 0.3) is 0 Å². The molecule has 158 valence electrons. The highest BCUT2D eigenvalue weighted by molar-refractivity contribution is 6.02. The van der Waals surface area contributed by atoms with Crippen molar-refractivity contribution in [1.82, 2.24) is 5.01 Å². The number of para-hydroxylation sites is 1. The third kappa shape index (κ3) is 3.50. The van der Waals surface area contributed by atoms with Crippen LogP contribution >= 0.6 is 0 Å². The summed E-state index contributed by atoms with van der Waals surface area (Å²) in [6.45, 7) is 4.65. The van der Waals surface area contributed by atoms with Crippen LogP contribution in [-0.2, 0) is 0 Å². The van der Waals surface area contributed by atoms with E-state index in [0.717, 1.165) is 34.8 Å². The second-order valence-electron chi connectivity index (χ2n) is 7.86. The molecule has 0 saturated carbocycles. The van der Waals surface area contributed by atoms with Crippen LogP contribution in [0.25, 0.3) is 0 Å². The summed E-state index contributed by atoms with van der Waals surface area (Å²) >= 11 is 0. The van der Waals surface area contributed by atoms with Gasteiger partial charge in [0, 0.05) is 17.5 Å². The van der Waals surface area contributed by atoms with Crippen LogP contribution in [-0.4, -0.2) is 24.4 Å². The first-order valence-corrected chi connectivity index (χ1v) is 10.7. The van der Waals surface area contributed by atoms with Crippen molar-refractivity contribution in [2.45, 2.75) is 32.5 Å². The summed E-state index contributed by atoms with van der Waals surface area (Å²) in [4.78, 5) is 0. The average molecular weight is 415 g/mol. The third-order valence-corrected chi connectivity index (χ3v) is 5.86. The molecular weight excluding hydrogens is 388 g/mol. The van der Waals surface area contributed by atoms with Crippen LogP contribution in [0.4, 0.5) is 0 Å². The van der Waals surface area contributed by atoms with E-state index in [9.17, 15) is 0 Å². The van der Waals surface area contributed by atoms with Crippen molar-refractivity contribution in [2.75, 3.05) is 13.7 Å². The lowest BCUT2D eigenvalue weighted by molar-refractivity contribution is -0.0191. The molecule has 0 aliphatic carbocycles. The molecule has 5 rings (SSSR count). The zero-order chi connectivity index (χ0) is 21.4. The van der Waals surface area contributed by atoms with E-state index in [0.29, 0.717) is 12.4 Å². The Morgan fingerprint density at radius 3 is 2.61 bits per heavy atom. The number of ether oxygens (including phenoxy) is 3. The third-order valence-electron chi connectivity index (χ3n) is 5.86. The molecule has 0 amide bonds. The maximum Gasteiger partial charge on any atom is 0.214 e. The van der Waals surface area contributed by atoms with Crippen LogP contribution in [0, 0.1) is 6.92 Å². The van der Waals surface area contributed by atoms with E-state index < -0.39 is 0 Å². The molecule has 0 radical (unpaired) electrons. The van der Waals surface area contributed by atoms with Gasteiger partial charge in [-0.2, -0.15) is 5.10 Å². The summed E-state index contributed by atoms with van der Waals surface area (Å²) < 4.78 is 17.7. The standard InChI is InChI=1S/C26H26N2O3/c1-4-30-24-14-13-19(15-25(24)29-3)26-28-22(20-7-5-6-8-23(20)31-26)16-21(27-28)18-11-9-17(2)10-12-18/h5-15,22,26H,4,16H2,1-3H3. The molecule has 31 heavy (non-hydrogen) atoms. The average Bonchev–Trinajstić information content (AvgIpc) is 3.25. The summed E-state index contributed by atoms with van der Waals surface area (Å²) in [5.41, 5.74) is 5.62. The predicted molar refractivity (Wildman–Crippen MR) is 121 cm³/mol. The second kappa shape index (κ2) is 7.99. The molecule has 2 heterocycles. The van der Waals surface area contributed by atoms with Gasteiger partial charge in [0.1, 0.15) is 5.75 Å². The van der Waals surface area contributed by atoms with E-state index in [1.807, 2.05) is 37.3 Å². The summed E-state index contributed by atoms with van der Waals surface area (Å²) in [7, 11) is 1.66. The highest BCUT2D eigenvalue weighted by atomic mass is 16.5. The summed E-state index contributed by atoms with van der Waals surface area (Å²) in [6.07, 6.45) is 0.501. The number of nitrogens with zero attached hydrogens (tertiary/aromatic N) is 2. The molecule has 0 N–H and O–H groups in total. The Bertz CT molecular complexity index is 1120. The lowest BCUT2D eigenvalue weighted by Crippen LogP contribution is -2.33. The number of fused-ring (bicyclic) bond motifs is 3. The van der Waals surface area contributed by atoms with Gasteiger partial charge < -0.3 is 14.2 Å². The Morgan fingerprint density at radius 1 is 1.03 bits per heavy atom. The van der Waals surface area contributed by atoms with Crippen LogP contribution in [0.2, 0.25) is 0 Å². The summed E-state index contributed by atoms with van der Waals surface area (Å²) in [5.74, 6) is 2.33. The molecule has 3 aromatic rings. The van der Waals surface area contributed by atoms with Crippen LogP contribution in [0.1, 0.15) is 47.9 Å². The fraction of sp³-hybridized carbons (Fsp3) is 0.269. The van der Waals surface area contributed by atoms with Gasteiger partial charge in [-0.25, -0.2) is 5.01 Å². The molecule has 0 fully saturated rings. The van der Waals surface area contributed by atoms with Crippen molar-refractivity contribution in [2.24, 2.45) is 5.10 Å². The Labute approximate surface area is 182 Å². The van der Waals surface area contributed by atoms with Crippen LogP contribution in [0.5, 0.6) is 17.2 Å². The maximum atomic E-state index is 6.46. The van der Waals surface area contributed by atoms with Gasteiger partial charge in [0.05, 0.1) is 25.5 Å². The van der Waals surface area contributed by atoms with E-state index in [4.69, 9.17) is 19.3 Å². The number of hydrogen-bond donors (Lipinski definition) is 0. The summed E-state index contributed by atoms with van der Waals surface area (Å²) in [5, 5.41) is 7.12. The van der Waals surface area contributed by atoms with Gasteiger partial charge in [-0.05, 0) is 43.7 Å². The van der Waals surface area contributed by atoms with E-state index in [-0.39, 0.29) is 12.3 Å². The second-order valence-corrected chi connectivity index (χ2v) is 7.86. The van der Waals surface area contributed by atoms with E-state index in [2.05, 4.69) is 48.3 Å². The monoisotopic (exact) mass is 414 g/mol. The zero-order valence-corrected chi connectivity index (χ0v) is 18.0. The molecule has 0 bridgehead atoms. The number of hydrazone groups is 1. The van der Waals surface area contributed by atoms with Gasteiger partial charge in [0.2, 0.25) is 6.23 Å². The van der Waals surface area contributed by atoms with Gasteiger partial charge in [-0.3, -0.25) is 0 Å². The quantitative estimate of drug-likeness (QED) is 0.542. The number of rotatable bonds is 5. The van der Waals surface area contributed by atoms with E-state index in [1.54, 1.807) is 7.11 Å². The van der Waals surface area contributed by atoms with Gasteiger partial charge in [0.15, 0.2) is 11.5 Å². The number of benzene rings is 3. The van der Waals surface area contributed by atoms with Crippen molar-refractivity contribution < 1.29 is 14.2 Å². The zero-order valence-electron chi connectivity index (χ0n) is 18.0. The Kier molecular flexibility index (Phi) is 5.02. The van der Waals surface area contributed by atoms with Crippen LogP contribution < -0.4 is 14.2 Å². The fourth-order valence-electron chi connectivity index (χ4n) is 4.29. The first-order valence-electron chi connectivity index (χ1n) is 10.7. The molecule has 2 aliphatic heterocycles. The largest absolute Gasteiger partial charge is 0.493 e.